The molecule has 0 aromatic heterocycles. The lowest BCUT2D eigenvalue weighted by Crippen LogP contribution is -2.25. The van der Waals surface area contributed by atoms with Crippen LogP contribution in [-0.4, -0.2) is 20.4 Å². The number of fused-ring (bicyclic) bond motifs is 1. The van der Waals surface area contributed by atoms with Crippen molar-refractivity contribution in [1.82, 2.24) is 5.32 Å². The number of sulfonamides is 1. The second-order valence-corrected chi connectivity index (χ2v) is 8.16. The molecule has 0 saturated carbocycles. The van der Waals surface area contributed by atoms with E-state index in [0.29, 0.717) is 11.3 Å². The molecule has 3 N–H and O–H groups in total. The van der Waals surface area contributed by atoms with E-state index in [9.17, 15) is 8.42 Å². The van der Waals surface area contributed by atoms with E-state index in [1.54, 1.807) is 25.1 Å². The van der Waals surface area contributed by atoms with Crippen molar-refractivity contribution in [3.63, 3.8) is 0 Å². The largest absolute Gasteiger partial charge is 0.412 e. The highest BCUT2D eigenvalue weighted by Gasteiger charge is 2.26. The zero-order chi connectivity index (χ0) is 16.6. The molecule has 1 aliphatic heterocycles. The molecule has 130 valence electrons. The van der Waals surface area contributed by atoms with Crippen LogP contribution in [0.1, 0.15) is 22.3 Å². The highest BCUT2D eigenvalue weighted by Crippen LogP contribution is 2.30. The van der Waals surface area contributed by atoms with E-state index in [1.165, 1.54) is 5.56 Å². The van der Waals surface area contributed by atoms with Crippen LogP contribution in [-0.2, 0) is 23.0 Å². The third-order valence-electron chi connectivity index (χ3n) is 4.11. The monoisotopic (exact) mass is 368 g/mol. The molecule has 7 heteroatoms. The quantitative estimate of drug-likeness (QED) is 0.845. The van der Waals surface area contributed by atoms with Crippen LogP contribution in [0, 0.1) is 13.8 Å². The van der Waals surface area contributed by atoms with Crippen LogP contribution < -0.4 is 9.14 Å². The number of hydrogen-bond donors (Lipinski definition) is 1. The molecular weight excluding hydrogens is 348 g/mol. The molecular formula is C17H21ClN2O3S. The molecule has 0 saturated heterocycles. The fraction of sp³-hybridized carbons (Fsp3) is 0.294. The Morgan fingerprint density at radius 1 is 1.08 bits per heavy atom. The summed E-state index contributed by atoms with van der Waals surface area (Å²) in [7, 11) is -3.79. The van der Waals surface area contributed by atoms with E-state index in [2.05, 4.69) is 5.32 Å². The number of rotatable bonds is 3. The zero-order valence-corrected chi connectivity index (χ0v) is 15.2. The average Bonchev–Trinajstić information content (AvgIpc) is 2.55. The molecule has 5 nitrogen and oxygen atoms in total. The summed E-state index contributed by atoms with van der Waals surface area (Å²) in [4.78, 5) is 0.242. The Hall–Kier alpha value is -1.60. The lowest BCUT2D eigenvalue weighted by atomic mass is 10.0. The molecule has 0 fully saturated rings. The van der Waals surface area contributed by atoms with Gasteiger partial charge in [0.15, 0.2) is 0 Å². The van der Waals surface area contributed by atoms with Gasteiger partial charge >= 0.3 is 0 Å². The maximum atomic E-state index is 12.9. The molecule has 2 aromatic carbocycles. The second kappa shape index (κ2) is 7.11. The SMILES string of the molecule is Cc1ccc(C)c(S(=O)(=O)N(Cl)c2ccc3c(c2)CCNC3)c1.O. The average molecular weight is 369 g/mol. The van der Waals surface area contributed by atoms with Gasteiger partial charge in [-0.3, -0.25) is 0 Å². The Labute approximate surface area is 147 Å². The first kappa shape index (κ1) is 18.7. The first-order chi connectivity index (χ1) is 10.9. The maximum Gasteiger partial charge on any atom is 0.278 e. The molecule has 0 atom stereocenters. The topological polar surface area (TPSA) is 80.9 Å². The number of halogens is 1. The fourth-order valence-corrected chi connectivity index (χ4v) is 4.49. The van der Waals surface area contributed by atoms with Crippen molar-refractivity contribution in [2.75, 3.05) is 10.4 Å². The van der Waals surface area contributed by atoms with E-state index >= 15 is 0 Å². The number of anilines is 1. The van der Waals surface area contributed by atoms with Gasteiger partial charge in [-0.05, 0) is 67.3 Å². The first-order valence-electron chi connectivity index (χ1n) is 7.50. The minimum absolute atomic E-state index is 0. The molecule has 3 rings (SSSR count). The molecule has 24 heavy (non-hydrogen) atoms. The van der Waals surface area contributed by atoms with E-state index in [0.717, 1.165) is 34.5 Å². The van der Waals surface area contributed by atoms with Gasteiger partial charge in [0.25, 0.3) is 10.0 Å². The van der Waals surface area contributed by atoms with Gasteiger partial charge in [-0.15, -0.1) is 0 Å². The minimum Gasteiger partial charge on any atom is -0.412 e. The normalized spacial score (nSPS) is 13.8. The van der Waals surface area contributed by atoms with Gasteiger partial charge in [0, 0.05) is 18.3 Å². The summed E-state index contributed by atoms with van der Waals surface area (Å²) in [6.07, 6.45) is 0.872. The summed E-state index contributed by atoms with van der Waals surface area (Å²) in [5.41, 5.74) is 4.38. The molecule has 0 unspecified atom stereocenters. The zero-order valence-electron chi connectivity index (χ0n) is 13.6. The Balaban J connectivity index is 0.00000208. The Kier molecular flexibility index (Phi) is 5.55. The van der Waals surface area contributed by atoms with Gasteiger partial charge in [-0.2, -0.15) is 12.2 Å². The van der Waals surface area contributed by atoms with Gasteiger partial charge in [0.1, 0.15) is 0 Å². The van der Waals surface area contributed by atoms with Crippen LogP contribution in [0.4, 0.5) is 5.69 Å². The summed E-state index contributed by atoms with van der Waals surface area (Å²) in [5.74, 6) is 0. The Morgan fingerprint density at radius 2 is 1.83 bits per heavy atom. The van der Waals surface area contributed by atoms with E-state index in [-0.39, 0.29) is 10.4 Å². The van der Waals surface area contributed by atoms with E-state index < -0.39 is 10.0 Å². The third kappa shape index (κ3) is 3.42. The summed E-state index contributed by atoms with van der Waals surface area (Å²) in [6.45, 7) is 5.34. The van der Waals surface area contributed by atoms with Gasteiger partial charge < -0.3 is 10.8 Å². The lowest BCUT2D eigenvalue weighted by Gasteiger charge is -2.22. The van der Waals surface area contributed by atoms with Crippen molar-refractivity contribution in [1.29, 1.82) is 0 Å². The van der Waals surface area contributed by atoms with Crippen molar-refractivity contribution in [3.8, 4) is 0 Å². The molecule has 0 spiro atoms. The van der Waals surface area contributed by atoms with Gasteiger partial charge in [-0.1, -0.05) is 18.2 Å². The highest BCUT2D eigenvalue weighted by atomic mass is 35.5. The van der Waals surface area contributed by atoms with Crippen molar-refractivity contribution < 1.29 is 13.9 Å². The summed E-state index contributed by atoms with van der Waals surface area (Å²) < 4.78 is 26.6. The van der Waals surface area contributed by atoms with Crippen LogP contribution in [0.2, 0.25) is 0 Å². The number of nitrogens with one attached hydrogen (secondary N) is 1. The summed E-state index contributed by atoms with van der Waals surface area (Å²) in [5, 5.41) is 3.29. The van der Waals surface area contributed by atoms with E-state index in [4.69, 9.17) is 11.8 Å². The fourth-order valence-electron chi connectivity index (χ4n) is 2.78. The maximum absolute atomic E-state index is 12.9. The highest BCUT2D eigenvalue weighted by molar-refractivity contribution is 7.94. The van der Waals surface area contributed by atoms with Crippen LogP contribution >= 0.6 is 11.8 Å². The second-order valence-electron chi connectivity index (χ2n) is 5.87. The third-order valence-corrected chi connectivity index (χ3v) is 6.48. The van der Waals surface area contributed by atoms with Gasteiger partial charge in [0.2, 0.25) is 0 Å². The van der Waals surface area contributed by atoms with Gasteiger partial charge in [0.05, 0.1) is 10.6 Å². The number of hydrogen-bond acceptors (Lipinski definition) is 3. The van der Waals surface area contributed by atoms with Crippen molar-refractivity contribution in [3.05, 3.63) is 58.7 Å². The molecule has 1 aliphatic rings. The predicted octanol–water partition coefficient (Wildman–Crippen LogP) is 2.47. The molecule has 2 aromatic rings. The minimum atomic E-state index is -3.79. The smallest absolute Gasteiger partial charge is 0.278 e. The van der Waals surface area contributed by atoms with Gasteiger partial charge in [-0.25, -0.2) is 0 Å². The molecule has 0 aliphatic carbocycles. The van der Waals surface area contributed by atoms with Crippen LogP contribution in [0.3, 0.4) is 0 Å². The number of aryl methyl sites for hydroxylation is 2. The predicted molar refractivity (Wildman–Crippen MR) is 96.9 cm³/mol. The lowest BCUT2D eigenvalue weighted by molar-refractivity contribution is 0.597. The summed E-state index contributed by atoms with van der Waals surface area (Å²) >= 11 is 6.23. The van der Waals surface area contributed by atoms with E-state index in [1.807, 2.05) is 25.1 Å². The van der Waals surface area contributed by atoms with Crippen molar-refractivity contribution >= 4 is 27.5 Å². The number of nitrogens with zero attached hydrogens (tertiary/aromatic N) is 1. The van der Waals surface area contributed by atoms with Crippen LogP contribution in [0.15, 0.2) is 41.3 Å². The molecule has 0 bridgehead atoms. The first-order valence-corrected chi connectivity index (χ1v) is 9.28. The van der Waals surface area contributed by atoms with Crippen LogP contribution in [0.5, 0.6) is 0 Å². The summed E-state index contributed by atoms with van der Waals surface area (Å²) in [6, 6.07) is 10.9. The van der Waals surface area contributed by atoms with Crippen LogP contribution in [0.25, 0.3) is 0 Å². The van der Waals surface area contributed by atoms with Crippen molar-refractivity contribution in [2.24, 2.45) is 0 Å². The van der Waals surface area contributed by atoms with Crippen molar-refractivity contribution in [2.45, 2.75) is 31.7 Å². The number of benzene rings is 2. The Morgan fingerprint density at radius 3 is 2.58 bits per heavy atom. The molecule has 0 amide bonds. The molecule has 1 heterocycles. The Bertz CT molecular complexity index is 853. The standard InChI is InChI=1S/C17H19ClN2O2S.H2O/c1-12-3-4-13(2)17(9-12)23(21,22)20(18)16-6-5-15-11-19-8-7-14(15)10-16;/h3-6,9-10,19H,7-8,11H2,1-2H3;1H2. The molecule has 0 radical (unpaired) electrons.